The topological polar surface area (TPSA) is 69.1 Å². The minimum absolute atomic E-state index is 0.0856. The van der Waals surface area contributed by atoms with Gasteiger partial charge in [0.15, 0.2) is 5.96 Å². The van der Waals surface area contributed by atoms with Gasteiger partial charge in [-0.25, -0.2) is 0 Å². The van der Waals surface area contributed by atoms with E-state index in [-0.39, 0.29) is 13.2 Å². The smallest absolute Gasteiger partial charge is 0.191 e. The molecule has 1 unspecified atom stereocenters. The monoisotopic (exact) mass is 442 g/mol. The standard InChI is InChI=1S/C21H32Cl2N4O2/c1-4-24-21(26-16-8-10-27(11-9-16)13-15(2)3)25-12-17(28)14-29-19-7-5-6-18(22)20(19)23/h5-7,16-17,28H,2,4,8-14H2,1,3H3,(H2,24,25,26). The maximum absolute atomic E-state index is 10.2. The van der Waals surface area contributed by atoms with E-state index in [0.717, 1.165) is 39.0 Å². The molecule has 1 aromatic rings. The summed E-state index contributed by atoms with van der Waals surface area (Å²) in [6, 6.07) is 5.53. The molecule has 1 atom stereocenters. The van der Waals surface area contributed by atoms with Crippen LogP contribution in [0, 0.1) is 0 Å². The number of aliphatic hydroxyl groups is 1. The lowest BCUT2D eigenvalue weighted by molar-refractivity contribution is 0.114. The van der Waals surface area contributed by atoms with Crippen molar-refractivity contribution in [2.75, 3.05) is 39.3 Å². The van der Waals surface area contributed by atoms with E-state index in [1.165, 1.54) is 5.57 Å². The lowest BCUT2D eigenvalue weighted by Gasteiger charge is -2.33. The van der Waals surface area contributed by atoms with Crippen molar-refractivity contribution in [2.24, 2.45) is 4.99 Å². The minimum Gasteiger partial charge on any atom is -0.489 e. The van der Waals surface area contributed by atoms with Crippen LogP contribution in [0.3, 0.4) is 0 Å². The first kappa shape index (κ1) is 23.8. The quantitative estimate of drug-likeness (QED) is 0.310. The lowest BCUT2D eigenvalue weighted by Crippen LogP contribution is -2.49. The summed E-state index contributed by atoms with van der Waals surface area (Å²) in [4.78, 5) is 6.93. The predicted molar refractivity (Wildman–Crippen MR) is 121 cm³/mol. The van der Waals surface area contributed by atoms with Crippen LogP contribution in [0.2, 0.25) is 10.0 Å². The molecule has 1 aromatic carbocycles. The van der Waals surface area contributed by atoms with Crippen LogP contribution >= 0.6 is 23.2 Å². The van der Waals surface area contributed by atoms with Crippen molar-refractivity contribution in [1.29, 1.82) is 0 Å². The summed E-state index contributed by atoms with van der Waals surface area (Å²) in [5.41, 5.74) is 1.20. The van der Waals surface area contributed by atoms with E-state index in [4.69, 9.17) is 27.9 Å². The highest BCUT2D eigenvalue weighted by molar-refractivity contribution is 6.42. The van der Waals surface area contributed by atoms with E-state index in [1.807, 2.05) is 6.92 Å². The number of nitrogens with one attached hydrogen (secondary N) is 2. The number of rotatable bonds is 9. The van der Waals surface area contributed by atoms with Crippen molar-refractivity contribution in [3.05, 3.63) is 40.4 Å². The second-order valence-electron chi connectivity index (χ2n) is 7.39. The maximum Gasteiger partial charge on any atom is 0.191 e. The van der Waals surface area contributed by atoms with E-state index >= 15 is 0 Å². The van der Waals surface area contributed by atoms with Gasteiger partial charge < -0.3 is 20.5 Å². The molecule has 1 heterocycles. The largest absolute Gasteiger partial charge is 0.489 e. The molecular formula is C21H32Cl2N4O2. The molecule has 162 valence electrons. The molecule has 3 N–H and O–H groups in total. The second kappa shape index (κ2) is 12.3. The van der Waals surface area contributed by atoms with Crippen LogP contribution in [0.1, 0.15) is 26.7 Å². The first-order chi connectivity index (χ1) is 13.9. The number of piperidine rings is 1. The van der Waals surface area contributed by atoms with Gasteiger partial charge in [0.25, 0.3) is 0 Å². The van der Waals surface area contributed by atoms with Crippen LogP contribution < -0.4 is 15.4 Å². The van der Waals surface area contributed by atoms with Crippen LogP contribution in [-0.4, -0.2) is 67.4 Å². The summed E-state index contributed by atoms with van der Waals surface area (Å²) in [6.07, 6.45) is 1.35. The Morgan fingerprint density at radius 1 is 1.38 bits per heavy atom. The number of nitrogens with zero attached hydrogens (tertiary/aromatic N) is 2. The molecule has 8 heteroatoms. The molecule has 0 amide bonds. The van der Waals surface area contributed by atoms with E-state index < -0.39 is 6.10 Å². The van der Waals surface area contributed by atoms with E-state index in [9.17, 15) is 5.11 Å². The molecule has 1 aliphatic rings. The van der Waals surface area contributed by atoms with Gasteiger partial charge in [0, 0.05) is 32.2 Å². The molecule has 0 bridgehead atoms. The van der Waals surface area contributed by atoms with E-state index in [1.54, 1.807) is 18.2 Å². The average molecular weight is 443 g/mol. The Labute approximate surface area is 183 Å². The van der Waals surface area contributed by atoms with Crippen molar-refractivity contribution < 1.29 is 9.84 Å². The van der Waals surface area contributed by atoms with Gasteiger partial charge in [-0.05, 0) is 38.8 Å². The van der Waals surface area contributed by atoms with Gasteiger partial charge >= 0.3 is 0 Å². The SMILES string of the molecule is C=C(C)CN1CCC(NC(=NCC(O)COc2cccc(Cl)c2Cl)NCC)CC1. The Morgan fingerprint density at radius 3 is 2.76 bits per heavy atom. The van der Waals surface area contributed by atoms with Gasteiger partial charge in [-0.15, -0.1) is 0 Å². The van der Waals surface area contributed by atoms with Crippen molar-refractivity contribution in [3.8, 4) is 5.75 Å². The van der Waals surface area contributed by atoms with Crippen molar-refractivity contribution >= 4 is 29.2 Å². The van der Waals surface area contributed by atoms with Gasteiger partial charge in [-0.1, -0.05) is 41.4 Å². The number of likely N-dealkylation sites (tertiary alicyclic amines) is 1. The molecule has 0 aromatic heterocycles. The highest BCUT2D eigenvalue weighted by Gasteiger charge is 2.20. The van der Waals surface area contributed by atoms with Gasteiger partial charge in [-0.3, -0.25) is 9.89 Å². The molecular weight excluding hydrogens is 411 g/mol. The van der Waals surface area contributed by atoms with E-state index in [2.05, 4.69) is 34.0 Å². The number of ether oxygens (including phenoxy) is 1. The summed E-state index contributed by atoms with van der Waals surface area (Å²) >= 11 is 12.1. The zero-order valence-corrected chi connectivity index (χ0v) is 18.8. The predicted octanol–water partition coefficient (Wildman–Crippen LogP) is 3.33. The minimum atomic E-state index is -0.752. The fourth-order valence-electron chi connectivity index (χ4n) is 3.16. The molecule has 1 aliphatic heterocycles. The highest BCUT2D eigenvalue weighted by atomic mass is 35.5. The van der Waals surface area contributed by atoms with Crippen molar-refractivity contribution in [3.63, 3.8) is 0 Å². The Bertz CT molecular complexity index is 691. The summed E-state index contributed by atoms with van der Waals surface area (Å²) < 4.78 is 5.58. The van der Waals surface area contributed by atoms with Gasteiger partial charge in [0.2, 0.25) is 0 Å². The van der Waals surface area contributed by atoms with Crippen LogP contribution in [0.15, 0.2) is 35.3 Å². The fourth-order valence-corrected chi connectivity index (χ4v) is 3.51. The number of benzene rings is 1. The number of hydrogen-bond acceptors (Lipinski definition) is 4. The summed E-state index contributed by atoms with van der Waals surface area (Å²) in [5, 5.41) is 17.7. The third-order valence-electron chi connectivity index (χ3n) is 4.57. The van der Waals surface area contributed by atoms with Crippen molar-refractivity contribution in [2.45, 2.75) is 38.8 Å². The van der Waals surface area contributed by atoms with Crippen LogP contribution in [0.5, 0.6) is 5.75 Å². The Hall–Kier alpha value is -1.47. The first-order valence-electron chi connectivity index (χ1n) is 10.1. The van der Waals surface area contributed by atoms with Crippen molar-refractivity contribution in [1.82, 2.24) is 15.5 Å². The number of halogens is 2. The molecule has 0 spiro atoms. The molecule has 6 nitrogen and oxygen atoms in total. The molecule has 1 saturated heterocycles. The molecule has 29 heavy (non-hydrogen) atoms. The molecule has 0 radical (unpaired) electrons. The molecule has 1 fully saturated rings. The molecule has 0 aliphatic carbocycles. The molecule has 2 rings (SSSR count). The number of aliphatic hydroxyl groups excluding tert-OH is 1. The Kier molecular flexibility index (Phi) is 10.1. The van der Waals surface area contributed by atoms with E-state index in [0.29, 0.717) is 27.8 Å². The normalized spacial score (nSPS) is 17.1. The number of guanidine groups is 1. The Balaban J connectivity index is 1.80. The fraction of sp³-hybridized carbons (Fsp3) is 0.571. The Morgan fingerprint density at radius 2 is 2.10 bits per heavy atom. The summed E-state index contributed by atoms with van der Waals surface area (Å²) in [5.74, 6) is 1.17. The zero-order valence-electron chi connectivity index (χ0n) is 17.3. The van der Waals surface area contributed by atoms with Gasteiger partial charge in [0.05, 0.1) is 11.6 Å². The second-order valence-corrected chi connectivity index (χ2v) is 8.17. The van der Waals surface area contributed by atoms with Crippen LogP contribution in [-0.2, 0) is 0 Å². The lowest BCUT2D eigenvalue weighted by atomic mass is 10.0. The van der Waals surface area contributed by atoms with Gasteiger partial charge in [-0.2, -0.15) is 0 Å². The summed E-state index contributed by atoms with van der Waals surface area (Å²) in [6.45, 7) is 12.2. The van der Waals surface area contributed by atoms with Crippen LogP contribution in [0.25, 0.3) is 0 Å². The number of aliphatic imine (C=N–C) groups is 1. The van der Waals surface area contributed by atoms with Crippen LogP contribution in [0.4, 0.5) is 0 Å². The average Bonchev–Trinajstić information content (AvgIpc) is 2.68. The molecule has 0 saturated carbocycles. The maximum atomic E-state index is 10.2. The summed E-state index contributed by atoms with van der Waals surface area (Å²) in [7, 11) is 0. The first-order valence-corrected chi connectivity index (χ1v) is 10.8. The third kappa shape index (κ3) is 8.42. The third-order valence-corrected chi connectivity index (χ3v) is 5.38. The number of hydrogen-bond donors (Lipinski definition) is 3. The zero-order chi connectivity index (χ0) is 21.2. The van der Waals surface area contributed by atoms with Gasteiger partial charge in [0.1, 0.15) is 23.5 Å². The highest BCUT2D eigenvalue weighted by Crippen LogP contribution is 2.31.